The van der Waals surface area contributed by atoms with Gasteiger partial charge in [0.05, 0.1) is 12.6 Å². The van der Waals surface area contributed by atoms with Crippen LogP contribution in [0.25, 0.3) is 0 Å². The Morgan fingerprint density at radius 2 is 1.93 bits per heavy atom. The van der Waals surface area contributed by atoms with Crippen molar-refractivity contribution < 1.29 is 9.53 Å². The van der Waals surface area contributed by atoms with E-state index in [0.29, 0.717) is 6.04 Å². The van der Waals surface area contributed by atoms with Gasteiger partial charge in [0, 0.05) is 12.6 Å². The summed E-state index contributed by atoms with van der Waals surface area (Å²) in [5, 5.41) is 3.06. The van der Waals surface area contributed by atoms with Crippen molar-refractivity contribution in [3.8, 4) is 0 Å². The largest absolute Gasteiger partial charge is 0.462 e. The van der Waals surface area contributed by atoms with E-state index in [-0.39, 0.29) is 18.6 Å². The van der Waals surface area contributed by atoms with Crippen molar-refractivity contribution in [3.05, 3.63) is 0 Å². The summed E-state index contributed by atoms with van der Waals surface area (Å²) in [5.41, 5.74) is 0. The van der Waals surface area contributed by atoms with Crippen LogP contribution in [0.5, 0.6) is 0 Å². The second kappa shape index (κ2) is 6.79. The van der Waals surface area contributed by atoms with Gasteiger partial charge in [-0.05, 0) is 34.9 Å². The van der Waals surface area contributed by atoms with Crippen LogP contribution in [0.4, 0.5) is 0 Å². The molecule has 0 aromatic heterocycles. The van der Waals surface area contributed by atoms with Gasteiger partial charge in [0.15, 0.2) is 0 Å². The van der Waals surface area contributed by atoms with Gasteiger partial charge in [-0.25, -0.2) is 0 Å². The van der Waals surface area contributed by atoms with Gasteiger partial charge in [-0.1, -0.05) is 0 Å². The molecule has 84 valence electrons. The van der Waals surface area contributed by atoms with E-state index in [1.807, 2.05) is 27.9 Å². The molecule has 0 fully saturated rings. The summed E-state index contributed by atoms with van der Waals surface area (Å²) in [6, 6.07) is 0.418. The minimum atomic E-state index is -0.189. The molecule has 0 aliphatic carbocycles. The number of nitrogens with zero attached hydrogens (tertiary/aromatic N) is 1. The van der Waals surface area contributed by atoms with Gasteiger partial charge in [0.1, 0.15) is 0 Å². The summed E-state index contributed by atoms with van der Waals surface area (Å²) < 4.78 is 4.98. The van der Waals surface area contributed by atoms with Crippen LogP contribution in [0, 0.1) is 0 Å². The molecule has 1 N–H and O–H groups in total. The molecule has 0 spiro atoms. The third-order valence-corrected chi connectivity index (χ3v) is 1.96. The summed E-state index contributed by atoms with van der Waals surface area (Å²) in [7, 11) is 4.03. The first kappa shape index (κ1) is 13.4. The molecular weight excluding hydrogens is 180 g/mol. The lowest BCUT2D eigenvalue weighted by Crippen LogP contribution is -2.38. The molecule has 0 rings (SSSR count). The van der Waals surface area contributed by atoms with Crippen molar-refractivity contribution in [1.82, 2.24) is 10.2 Å². The van der Waals surface area contributed by atoms with E-state index in [1.54, 1.807) is 0 Å². The number of rotatable bonds is 6. The number of hydrogen-bond acceptors (Lipinski definition) is 4. The minimum Gasteiger partial charge on any atom is -0.462 e. The second-order valence-electron chi connectivity index (χ2n) is 3.98. The van der Waals surface area contributed by atoms with Gasteiger partial charge in [0.2, 0.25) is 0 Å². The van der Waals surface area contributed by atoms with Gasteiger partial charge < -0.3 is 15.0 Å². The quantitative estimate of drug-likeness (QED) is 0.636. The summed E-state index contributed by atoms with van der Waals surface area (Å²) >= 11 is 0. The van der Waals surface area contributed by atoms with Crippen LogP contribution in [0.15, 0.2) is 0 Å². The van der Waals surface area contributed by atoms with Crippen molar-refractivity contribution in [1.29, 1.82) is 0 Å². The maximum absolute atomic E-state index is 11.1. The lowest BCUT2D eigenvalue weighted by Gasteiger charge is -2.19. The molecule has 0 aliphatic heterocycles. The van der Waals surface area contributed by atoms with E-state index < -0.39 is 0 Å². The van der Waals surface area contributed by atoms with Gasteiger partial charge in [-0.15, -0.1) is 0 Å². The van der Waals surface area contributed by atoms with E-state index in [4.69, 9.17) is 4.74 Å². The molecule has 0 saturated carbocycles. The summed E-state index contributed by atoms with van der Waals surface area (Å²) in [6.45, 7) is 6.87. The van der Waals surface area contributed by atoms with Crippen LogP contribution in [0.3, 0.4) is 0 Å². The van der Waals surface area contributed by atoms with E-state index in [0.717, 1.165) is 6.54 Å². The molecule has 0 aromatic rings. The second-order valence-corrected chi connectivity index (χ2v) is 3.98. The van der Waals surface area contributed by atoms with Crippen LogP contribution in [-0.2, 0) is 9.53 Å². The number of carbonyl (C=O) groups excluding carboxylic acids is 1. The molecule has 0 bridgehead atoms. The molecule has 0 amide bonds. The number of ether oxygens (including phenoxy) is 1. The van der Waals surface area contributed by atoms with Crippen molar-refractivity contribution in [3.63, 3.8) is 0 Å². The van der Waals surface area contributed by atoms with Crippen LogP contribution in [0.2, 0.25) is 0 Å². The number of likely N-dealkylation sites (N-methyl/N-ethyl adjacent to an activating group) is 1. The van der Waals surface area contributed by atoms with Crippen molar-refractivity contribution in [2.24, 2.45) is 0 Å². The molecule has 0 radical (unpaired) electrons. The zero-order chi connectivity index (χ0) is 11.1. The average Bonchev–Trinajstić information content (AvgIpc) is 2.02. The Labute approximate surface area is 86.6 Å². The molecule has 4 heteroatoms. The predicted molar refractivity (Wildman–Crippen MR) is 57.2 cm³/mol. The maximum atomic E-state index is 11.1. The Kier molecular flexibility index (Phi) is 6.49. The molecule has 1 atom stereocenters. The molecule has 0 heterocycles. The van der Waals surface area contributed by atoms with Crippen LogP contribution >= 0.6 is 0 Å². The van der Waals surface area contributed by atoms with Crippen molar-refractivity contribution in [2.45, 2.75) is 32.9 Å². The third-order valence-electron chi connectivity index (χ3n) is 1.96. The average molecular weight is 202 g/mol. The molecule has 14 heavy (non-hydrogen) atoms. The van der Waals surface area contributed by atoms with E-state index in [2.05, 4.69) is 17.1 Å². The Morgan fingerprint density at radius 3 is 2.36 bits per heavy atom. The first-order chi connectivity index (χ1) is 6.43. The fourth-order valence-corrected chi connectivity index (χ4v) is 0.870. The van der Waals surface area contributed by atoms with Gasteiger partial charge in [0.25, 0.3) is 0 Å². The molecular formula is C10H22N2O2. The zero-order valence-corrected chi connectivity index (χ0v) is 9.83. The molecule has 0 aromatic carbocycles. The SMILES string of the molecule is CC(C)OC(=O)CNCC(C)N(C)C. The first-order valence-corrected chi connectivity index (χ1v) is 5.00. The smallest absolute Gasteiger partial charge is 0.320 e. The first-order valence-electron chi connectivity index (χ1n) is 5.00. The fourth-order valence-electron chi connectivity index (χ4n) is 0.870. The number of hydrogen-bond donors (Lipinski definition) is 1. The Bertz CT molecular complexity index is 170. The maximum Gasteiger partial charge on any atom is 0.320 e. The summed E-state index contributed by atoms with van der Waals surface area (Å²) in [4.78, 5) is 13.2. The standard InChI is InChI=1S/C10H22N2O2/c1-8(2)14-10(13)7-11-6-9(3)12(4)5/h8-9,11H,6-7H2,1-5H3. The Balaban J connectivity index is 3.49. The summed E-state index contributed by atoms with van der Waals surface area (Å²) in [5.74, 6) is -0.189. The topological polar surface area (TPSA) is 41.6 Å². The van der Waals surface area contributed by atoms with Crippen molar-refractivity contribution >= 4 is 5.97 Å². The highest BCUT2D eigenvalue weighted by Gasteiger charge is 2.07. The predicted octanol–water partition coefficient (Wildman–Crippen LogP) is 0.478. The van der Waals surface area contributed by atoms with Crippen LogP contribution < -0.4 is 5.32 Å². The van der Waals surface area contributed by atoms with Crippen LogP contribution in [0.1, 0.15) is 20.8 Å². The Hall–Kier alpha value is -0.610. The molecule has 0 saturated heterocycles. The highest BCUT2D eigenvalue weighted by Crippen LogP contribution is 1.90. The van der Waals surface area contributed by atoms with Crippen molar-refractivity contribution in [2.75, 3.05) is 27.2 Å². The Morgan fingerprint density at radius 1 is 1.36 bits per heavy atom. The van der Waals surface area contributed by atoms with E-state index >= 15 is 0 Å². The third kappa shape index (κ3) is 6.86. The molecule has 1 unspecified atom stereocenters. The van der Waals surface area contributed by atoms with E-state index in [1.165, 1.54) is 0 Å². The van der Waals surface area contributed by atoms with Crippen LogP contribution in [-0.4, -0.2) is 50.2 Å². The number of nitrogens with one attached hydrogen (secondary N) is 1. The number of esters is 1. The molecule has 4 nitrogen and oxygen atoms in total. The zero-order valence-electron chi connectivity index (χ0n) is 9.83. The minimum absolute atomic E-state index is 0.0319. The fraction of sp³-hybridized carbons (Fsp3) is 0.900. The highest BCUT2D eigenvalue weighted by molar-refractivity contribution is 5.71. The molecule has 0 aliphatic rings. The number of carbonyl (C=O) groups is 1. The highest BCUT2D eigenvalue weighted by atomic mass is 16.5. The van der Waals surface area contributed by atoms with Gasteiger partial charge >= 0.3 is 5.97 Å². The van der Waals surface area contributed by atoms with Gasteiger partial charge in [-0.2, -0.15) is 0 Å². The summed E-state index contributed by atoms with van der Waals surface area (Å²) in [6.07, 6.45) is -0.0319. The monoisotopic (exact) mass is 202 g/mol. The van der Waals surface area contributed by atoms with Gasteiger partial charge in [-0.3, -0.25) is 4.79 Å². The normalized spacial score (nSPS) is 13.4. The lowest BCUT2D eigenvalue weighted by atomic mass is 10.3. The lowest BCUT2D eigenvalue weighted by molar-refractivity contribution is -0.146. The van der Waals surface area contributed by atoms with E-state index in [9.17, 15) is 4.79 Å².